The Labute approximate surface area is 139 Å². The lowest BCUT2D eigenvalue weighted by atomic mass is 10.0. The molecule has 2 N–H and O–H groups in total. The Kier molecular flexibility index (Phi) is 6.60. The number of allylic oxidation sites excluding steroid dienone is 1. The molecule has 3 nitrogen and oxygen atoms in total. The Balaban J connectivity index is 2.12. The van der Waals surface area contributed by atoms with E-state index in [1.165, 1.54) is 6.07 Å². The highest BCUT2D eigenvalue weighted by Crippen LogP contribution is 2.30. The van der Waals surface area contributed by atoms with Crippen molar-refractivity contribution in [3.63, 3.8) is 0 Å². The maximum Gasteiger partial charge on any atom is 0.123 e. The summed E-state index contributed by atoms with van der Waals surface area (Å²) in [6.45, 7) is 9.63. The van der Waals surface area contributed by atoms with E-state index in [0.29, 0.717) is 6.04 Å². The molecular formula is C19H29FN2O. The molecular weight excluding hydrogens is 291 g/mol. The molecule has 2 rings (SSSR count). The Morgan fingerprint density at radius 2 is 2.09 bits per heavy atom. The standard InChI is InChI=1S/C19H29FN2O/c1-4-5-6-14(2)21-15(3)18-13-16(20)7-8-19(18)22-11-9-17(23)10-12-22/h4,7-8,13-15,17,21,23H,1,5-6,9-12H2,2-3H3. The summed E-state index contributed by atoms with van der Waals surface area (Å²) in [5.41, 5.74) is 2.07. The van der Waals surface area contributed by atoms with Crippen molar-refractivity contribution in [1.29, 1.82) is 0 Å². The van der Waals surface area contributed by atoms with Gasteiger partial charge in [0.05, 0.1) is 6.10 Å². The molecule has 4 heteroatoms. The molecule has 1 saturated heterocycles. The van der Waals surface area contributed by atoms with Crippen LogP contribution in [0.25, 0.3) is 0 Å². The molecule has 1 aliphatic rings. The fraction of sp³-hybridized carbons (Fsp3) is 0.579. The highest BCUT2D eigenvalue weighted by Gasteiger charge is 2.22. The Morgan fingerprint density at radius 3 is 2.74 bits per heavy atom. The van der Waals surface area contributed by atoms with Gasteiger partial charge in [0.1, 0.15) is 5.82 Å². The minimum Gasteiger partial charge on any atom is -0.393 e. The number of hydrogen-bond acceptors (Lipinski definition) is 3. The van der Waals surface area contributed by atoms with Crippen molar-refractivity contribution in [2.45, 2.75) is 57.7 Å². The first-order valence-electron chi connectivity index (χ1n) is 8.60. The van der Waals surface area contributed by atoms with Crippen molar-refractivity contribution < 1.29 is 9.50 Å². The Hall–Kier alpha value is -1.39. The van der Waals surface area contributed by atoms with Crippen LogP contribution in [0.5, 0.6) is 0 Å². The van der Waals surface area contributed by atoms with Crippen molar-refractivity contribution in [2.75, 3.05) is 18.0 Å². The van der Waals surface area contributed by atoms with Crippen LogP contribution in [0.1, 0.15) is 51.1 Å². The van der Waals surface area contributed by atoms with Gasteiger partial charge >= 0.3 is 0 Å². The lowest BCUT2D eigenvalue weighted by Crippen LogP contribution is -2.37. The van der Waals surface area contributed by atoms with Gasteiger partial charge < -0.3 is 15.3 Å². The minimum atomic E-state index is -0.204. The average molecular weight is 320 g/mol. The lowest BCUT2D eigenvalue weighted by molar-refractivity contribution is 0.145. The molecule has 0 spiro atoms. The number of hydrogen-bond donors (Lipinski definition) is 2. The van der Waals surface area contributed by atoms with Crippen molar-refractivity contribution in [2.24, 2.45) is 0 Å². The van der Waals surface area contributed by atoms with Gasteiger partial charge in [0.25, 0.3) is 0 Å². The van der Waals surface area contributed by atoms with E-state index in [9.17, 15) is 9.50 Å². The molecule has 0 bridgehead atoms. The predicted octanol–water partition coefficient (Wildman–Crippen LogP) is 3.79. The largest absolute Gasteiger partial charge is 0.393 e. The summed E-state index contributed by atoms with van der Waals surface area (Å²) in [7, 11) is 0. The maximum atomic E-state index is 13.8. The quantitative estimate of drug-likeness (QED) is 0.750. The third-order valence-electron chi connectivity index (χ3n) is 4.60. The second-order valence-electron chi connectivity index (χ2n) is 6.58. The first-order chi connectivity index (χ1) is 11.0. The molecule has 1 aliphatic heterocycles. The van der Waals surface area contributed by atoms with E-state index in [4.69, 9.17) is 0 Å². The number of anilines is 1. The van der Waals surface area contributed by atoms with Crippen molar-refractivity contribution >= 4 is 5.69 Å². The van der Waals surface area contributed by atoms with Crippen LogP contribution in [0.15, 0.2) is 30.9 Å². The molecule has 0 aliphatic carbocycles. The van der Waals surface area contributed by atoms with E-state index in [-0.39, 0.29) is 18.0 Å². The SMILES string of the molecule is C=CCCC(C)NC(C)c1cc(F)ccc1N1CCC(O)CC1. The van der Waals surface area contributed by atoms with E-state index in [0.717, 1.165) is 50.0 Å². The summed E-state index contributed by atoms with van der Waals surface area (Å²) in [6.07, 6.45) is 5.26. The topological polar surface area (TPSA) is 35.5 Å². The van der Waals surface area contributed by atoms with Crippen molar-refractivity contribution in [1.82, 2.24) is 5.32 Å². The number of nitrogens with zero attached hydrogens (tertiary/aromatic N) is 1. The van der Waals surface area contributed by atoms with Gasteiger partial charge in [-0.15, -0.1) is 6.58 Å². The number of halogens is 1. The summed E-state index contributed by atoms with van der Waals surface area (Å²) >= 11 is 0. The monoisotopic (exact) mass is 320 g/mol. The second kappa shape index (κ2) is 8.46. The summed E-state index contributed by atoms with van der Waals surface area (Å²) in [5.74, 6) is -0.201. The van der Waals surface area contributed by atoms with Gasteiger partial charge in [-0.1, -0.05) is 6.08 Å². The molecule has 0 amide bonds. The molecule has 0 aromatic heterocycles. The van der Waals surface area contributed by atoms with E-state index >= 15 is 0 Å². The van der Waals surface area contributed by atoms with Crippen LogP contribution in [0.3, 0.4) is 0 Å². The Bertz CT molecular complexity index is 512. The number of piperidine rings is 1. The molecule has 2 atom stereocenters. The zero-order chi connectivity index (χ0) is 16.8. The van der Waals surface area contributed by atoms with Gasteiger partial charge in [-0.2, -0.15) is 0 Å². The molecule has 0 saturated carbocycles. The molecule has 2 unspecified atom stereocenters. The van der Waals surface area contributed by atoms with Gasteiger partial charge in [0, 0.05) is 30.9 Å². The zero-order valence-electron chi connectivity index (χ0n) is 14.3. The number of benzene rings is 1. The van der Waals surface area contributed by atoms with E-state index in [2.05, 4.69) is 30.6 Å². The van der Waals surface area contributed by atoms with Crippen molar-refractivity contribution in [3.05, 3.63) is 42.2 Å². The maximum absolute atomic E-state index is 13.8. The molecule has 128 valence electrons. The molecule has 1 heterocycles. The van der Waals surface area contributed by atoms with Gasteiger partial charge in [-0.05, 0) is 63.3 Å². The molecule has 1 aromatic carbocycles. The normalized spacial score (nSPS) is 18.7. The minimum absolute atomic E-state index is 0.0763. The number of nitrogens with one attached hydrogen (secondary N) is 1. The summed E-state index contributed by atoms with van der Waals surface area (Å²) < 4.78 is 13.8. The fourth-order valence-corrected chi connectivity index (χ4v) is 3.23. The predicted molar refractivity (Wildman–Crippen MR) is 94.3 cm³/mol. The van der Waals surface area contributed by atoms with Crippen LogP contribution in [0, 0.1) is 5.82 Å². The van der Waals surface area contributed by atoms with Crippen LogP contribution < -0.4 is 10.2 Å². The van der Waals surface area contributed by atoms with E-state index < -0.39 is 0 Å². The highest BCUT2D eigenvalue weighted by atomic mass is 19.1. The summed E-state index contributed by atoms with van der Waals surface area (Å²) in [6, 6.07) is 5.46. The number of aliphatic hydroxyl groups excluding tert-OH is 1. The molecule has 1 aromatic rings. The second-order valence-corrected chi connectivity index (χ2v) is 6.58. The van der Waals surface area contributed by atoms with Crippen molar-refractivity contribution in [3.8, 4) is 0 Å². The van der Waals surface area contributed by atoms with Crippen LogP contribution in [0.2, 0.25) is 0 Å². The van der Waals surface area contributed by atoms with Crippen LogP contribution in [0.4, 0.5) is 10.1 Å². The average Bonchev–Trinajstić information content (AvgIpc) is 2.53. The highest BCUT2D eigenvalue weighted by molar-refractivity contribution is 5.55. The van der Waals surface area contributed by atoms with Gasteiger partial charge in [0.15, 0.2) is 0 Å². The lowest BCUT2D eigenvalue weighted by Gasteiger charge is -2.34. The zero-order valence-corrected chi connectivity index (χ0v) is 14.3. The third kappa shape index (κ3) is 5.05. The van der Waals surface area contributed by atoms with E-state index in [1.807, 2.05) is 12.1 Å². The first-order valence-corrected chi connectivity index (χ1v) is 8.60. The van der Waals surface area contributed by atoms with Gasteiger partial charge in [-0.3, -0.25) is 0 Å². The van der Waals surface area contributed by atoms with Crippen LogP contribution in [-0.4, -0.2) is 30.3 Å². The smallest absolute Gasteiger partial charge is 0.123 e. The first kappa shape index (κ1) is 18.0. The summed E-state index contributed by atoms with van der Waals surface area (Å²) in [4.78, 5) is 2.26. The molecule has 23 heavy (non-hydrogen) atoms. The Morgan fingerprint density at radius 1 is 1.39 bits per heavy atom. The van der Waals surface area contributed by atoms with Crippen LogP contribution >= 0.6 is 0 Å². The number of rotatable bonds is 7. The van der Waals surface area contributed by atoms with Gasteiger partial charge in [0.2, 0.25) is 0 Å². The summed E-state index contributed by atoms with van der Waals surface area (Å²) in [5, 5.41) is 13.2. The number of aliphatic hydroxyl groups is 1. The third-order valence-corrected chi connectivity index (χ3v) is 4.60. The van der Waals surface area contributed by atoms with Gasteiger partial charge in [-0.25, -0.2) is 4.39 Å². The van der Waals surface area contributed by atoms with E-state index in [1.54, 1.807) is 6.07 Å². The van der Waals surface area contributed by atoms with Crippen LogP contribution in [-0.2, 0) is 0 Å². The molecule has 1 fully saturated rings. The molecule has 0 radical (unpaired) electrons. The fourth-order valence-electron chi connectivity index (χ4n) is 3.23.